The van der Waals surface area contributed by atoms with E-state index in [1.54, 1.807) is 18.2 Å². The first-order valence-corrected chi connectivity index (χ1v) is 8.08. The van der Waals surface area contributed by atoms with E-state index in [2.05, 4.69) is 10.6 Å². The summed E-state index contributed by atoms with van der Waals surface area (Å²) in [4.78, 5) is 22.2. The fourth-order valence-electron chi connectivity index (χ4n) is 2.21. The predicted molar refractivity (Wildman–Crippen MR) is 95.8 cm³/mol. The van der Waals surface area contributed by atoms with E-state index < -0.39 is 4.92 Å². The molecule has 0 heterocycles. The second-order valence-electron chi connectivity index (χ2n) is 5.32. The Bertz CT molecular complexity index is 692. The van der Waals surface area contributed by atoms with Crippen molar-refractivity contribution in [2.24, 2.45) is 0 Å². The smallest absolute Gasteiger partial charge is 0.292 e. The van der Waals surface area contributed by atoms with Gasteiger partial charge in [-0.15, -0.1) is 0 Å². The van der Waals surface area contributed by atoms with E-state index >= 15 is 0 Å². The van der Waals surface area contributed by atoms with E-state index in [0.717, 1.165) is 5.75 Å². The molecule has 0 aromatic heterocycles. The first kappa shape index (κ1) is 18.3. The Morgan fingerprint density at radius 3 is 2.52 bits per heavy atom. The van der Waals surface area contributed by atoms with Gasteiger partial charge in [0.25, 0.3) is 5.69 Å². The highest BCUT2D eigenvalue weighted by Crippen LogP contribution is 2.22. The number of anilines is 1. The Hall–Kier alpha value is -3.09. The summed E-state index contributed by atoms with van der Waals surface area (Å²) in [5.41, 5.74) is 0.463. The summed E-state index contributed by atoms with van der Waals surface area (Å²) in [6.07, 6.45) is 0.997. The highest BCUT2D eigenvalue weighted by molar-refractivity contribution is 5.75. The minimum atomic E-state index is -0.437. The summed E-state index contributed by atoms with van der Waals surface area (Å²) < 4.78 is 5.52. The van der Waals surface area contributed by atoms with Crippen LogP contribution in [0.3, 0.4) is 0 Å². The van der Waals surface area contributed by atoms with Gasteiger partial charge in [-0.25, -0.2) is 0 Å². The molecule has 0 saturated heterocycles. The number of benzene rings is 2. The molecule has 2 aromatic carbocycles. The minimum absolute atomic E-state index is 0.0203. The number of amides is 1. The zero-order valence-corrected chi connectivity index (χ0v) is 13.8. The molecule has 2 aromatic rings. The van der Waals surface area contributed by atoms with Crippen molar-refractivity contribution >= 4 is 17.3 Å². The van der Waals surface area contributed by atoms with Gasteiger partial charge in [0.05, 0.1) is 11.5 Å². The number of carbonyl (C=O) groups is 1. The number of hydrogen-bond acceptors (Lipinski definition) is 5. The lowest BCUT2D eigenvalue weighted by atomic mass is 10.2. The number of nitro benzene ring substituents is 1. The van der Waals surface area contributed by atoms with Gasteiger partial charge in [0.15, 0.2) is 0 Å². The molecule has 0 aliphatic carbocycles. The molecule has 0 fully saturated rings. The number of hydrogen-bond donors (Lipinski definition) is 2. The first-order valence-electron chi connectivity index (χ1n) is 8.08. The molecule has 0 bridgehead atoms. The third kappa shape index (κ3) is 6.50. The summed E-state index contributed by atoms with van der Waals surface area (Å²) in [5, 5.41) is 16.6. The Morgan fingerprint density at radius 1 is 1.04 bits per heavy atom. The predicted octanol–water partition coefficient (Wildman–Crippen LogP) is 2.98. The van der Waals surface area contributed by atoms with E-state index in [4.69, 9.17) is 4.74 Å². The average Bonchev–Trinajstić information content (AvgIpc) is 2.63. The fraction of sp³-hybridized carbons (Fsp3) is 0.278. The van der Waals surface area contributed by atoms with Crippen molar-refractivity contribution in [3.8, 4) is 5.75 Å². The quantitative estimate of drug-likeness (QED) is 0.393. The monoisotopic (exact) mass is 343 g/mol. The van der Waals surface area contributed by atoms with E-state index in [1.807, 2.05) is 30.3 Å². The van der Waals surface area contributed by atoms with Crippen molar-refractivity contribution in [1.29, 1.82) is 0 Å². The van der Waals surface area contributed by atoms with Gasteiger partial charge in [0.2, 0.25) is 5.91 Å². The molecular weight excluding hydrogens is 322 g/mol. The number of nitrogens with one attached hydrogen (secondary N) is 2. The number of nitro groups is 1. The molecule has 0 atom stereocenters. The SMILES string of the molecule is O=C(CCCOc1ccccc1)NCCNc1ccccc1[N+](=O)[O-]. The van der Waals surface area contributed by atoms with Crippen LogP contribution in [0.15, 0.2) is 54.6 Å². The molecule has 1 amide bonds. The van der Waals surface area contributed by atoms with E-state index in [9.17, 15) is 14.9 Å². The summed E-state index contributed by atoms with van der Waals surface area (Å²) in [6, 6.07) is 15.9. The van der Waals surface area contributed by atoms with Crippen molar-refractivity contribution in [2.75, 3.05) is 25.0 Å². The van der Waals surface area contributed by atoms with Crippen molar-refractivity contribution in [3.05, 3.63) is 64.7 Å². The van der Waals surface area contributed by atoms with Crippen LogP contribution in [0.1, 0.15) is 12.8 Å². The van der Waals surface area contributed by atoms with Gasteiger partial charge < -0.3 is 15.4 Å². The normalized spacial score (nSPS) is 10.1. The minimum Gasteiger partial charge on any atom is -0.494 e. The number of para-hydroxylation sites is 3. The van der Waals surface area contributed by atoms with Gasteiger partial charge in [-0.1, -0.05) is 30.3 Å². The van der Waals surface area contributed by atoms with E-state index in [-0.39, 0.29) is 11.6 Å². The second-order valence-corrected chi connectivity index (χ2v) is 5.32. The number of nitrogens with zero attached hydrogens (tertiary/aromatic N) is 1. The molecule has 0 radical (unpaired) electrons. The molecular formula is C18H21N3O4. The van der Waals surface area contributed by atoms with Crippen LogP contribution in [0, 0.1) is 10.1 Å². The van der Waals surface area contributed by atoms with Gasteiger partial charge in [-0.3, -0.25) is 14.9 Å². The largest absolute Gasteiger partial charge is 0.494 e. The van der Waals surface area contributed by atoms with Crippen LogP contribution < -0.4 is 15.4 Å². The summed E-state index contributed by atoms with van der Waals surface area (Å²) in [6.45, 7) is 1.29. The highest BCUT2D eigenvalue weighted by atomic mass is 16.6. The third-order valence-electron chi connectivity index (χ3n) is 3.42. The number of carbonyl (C=O) groups excluding carboxylic acids is 1. The van der Waals surface area contributed by atoms with E-state index in [1.165, 1.54) is 6.07 Å². The van der Waals surface area contributed by atoms with Gasteiger partial charge in [0, 0.05) is 25.6 Å². The van der Waals surface area contributed by atoms with Crippen LogP contribution in [-0.4, -0.2) is 30.5 Å². The maximum absolute atomic E-state index is 11.7. The zero-order chi connectivity index (χ0) is 17.9. The molecule has 0 aliphatic rings. The van der Waals surface area contributed by atoms with Gasteiger partial charge in [0.1, 0.15) is 11.4 Å². The zero-order valence-electron chi connectivity index (χ0n) is 13.8. The van der Waals surface area contributed by atoms with Crippen LogP contribution in [-0.2, 0) is 4.79 Å². The molecule has 2 rings (SSSR count). The van der Waals surface area contributed by atoms with Crippen molar-refractivity contribution < 1.29 is 14.5 Å². The first-order chi connectivity index (χ1) is 12.2. The molecule has 7 heteroatoms. The maximum atomic E-state index is 11.7. The topological polar surface area (TPSA) is 93.5 Å². The van der Waals surface area contributed by atoms with Crippen LogP contribution in [0.25, 0.3) is 0 Å². The lowest BCUT2D eigenvalue weighted by Crippen LogP contribution is -2.28. The molecule has 25 heavy (non-hydrogen) atoms. The average molecular weight is 343 g/mol. The molecule has 132 valence electrons. The lowest BCUT2D eigenvalue weighted by molar-refractivity contribution is -0.384. The summed E-state index contributed by atoms with van der Waals surface area (Å²) in [7, 11) is 0. The third-order valence-corrected chi connectivity index (χ3v) is 3.42. The van der Waals surface area contributed by atoms with Crippen molar-refractivity contribution in [3.63, 3.8) is 0 Å². The Morgan fingerprint density at radius 2 is 1.76 bits per heavy atom. The molecule has 7 nitrogen and oxygen atoms in total. The van der Waals surface area contributed by atoms with Crippen LogP contribution in [0.5, 0.6) is 5.75 Å². The van der Waals surface area contributed by atoms with E-state index in [0.29, 0.717) is 38.2 Å². The molecule has 0 saturated carbocycles. The molecule has 0 unspecified atom stereocenters. The van der Waals surface area contributed by atoms with Crippen molar-refractivity contribution in [2.45, 2.75) is 12.8 Å². The Balaban J connectivity index is 1.59. The van der Waals surface area contributed by atoms with Gasteiger partial charge in [-0.2, -0.15) is 0 Å². The molecule has 2 N–H and O–H groups in total. The summed E-state index contributed by atoms with van der Waals surface area (Å²) >= 11 is 0. The second kappa shape index (κ2) is 9.92. The van der Waals surface area contributed by atoms with Crippen molar-refractivity contribution in [1.82, 2.24) is 5.32 Å². The number of ether oxygens (including phenoxy) is 1. The van der Waals surface area contributed by atoms with Crippen LogP contribution in [0.4, 0.5) is 11.4 Å². The Kier molecular flexibility index (Phi) is 7.24. The number of rotatable bonds is 10. The van der Waals surface area contributed by atoms with Gasteiger partial charge >= 0.3 is 0 Å². The highest BCUT2D eigenvalue weighted by Gasteiger charge is 2.11. The summed E-state index contributed by atoms with van der Waals surface area (Å²) in [5.74, 6) is 0.720. The van der Waals surface area contributed by atoms with Crippen LogP contribution >= 0.6 is 0 Å². The molecule has 0 aliphatic heterocycles. The fourth-order valence-corrected chi connectivity index (χ4v) is 2.21. The maximum Gasteiger partial charge on any atom is 0.292 e. The Labute approximate surface area is 146 Å². The molecule has 0 spiro atoms. The lowest BCUT2D eigenvalue weighted by Gasteiger charge is -2.09. The van der Waals surface area contributed by atoms with Crippen LogP contribution in [0.2, 0.25) is 0 Å². The standard InChI is InChI=1S/C18H21N3O4/c22-18(11-6-14-25-15-7-2-1-3-8-15)20-13-12-19-16-9-4-5-10-17(16)21(23)24/h1-5,7-10,19H,6,11-14H2,(H,20,22). The van der Waals surface area contributed by atoms with Gasteiger partial charge in [-0.05, 0) is 24.6 Å².